The van der Waals surface area contributed by atoms with Gasteiger partial charge in [0, 0.05) is 0 Å². The van der Waals surface area contributed by atoms with E-state index in [4.69, 9.17) is 10.2 Å². The van der Waals surface area contributed by atoms with E-state index in [9.17, 15) is 9.59 Å². The van der Waals surface area contributed by atoms with Gasteiger partial charge in [-0.2, -0.15) is 0 Å². The van der Waals surface area contributed by atoms with Crippen molar-refractivity contribution in [3.05, 3.63) is 0 Å². The molecule has 2 atom stereocenters. The molecule has 0 aromatic heterocycles. The maximum absolute atomic E-state index is 10.5. The van der Waals surface area contributed by atoms with Gasteiger partial charge in [-0.25, -0.2) is 0 Å². The van der Waals surface area contributed by atoms with Crippen molar-refractivity contribution in [3.8, 4) is 0 Å². The maximum atomic E-state index is 10.5. The van der Waals surface area contributed by atoms with E-state index in [1.807, 2.05) is 0 Å². The van der Waals surface area contributed by atoms with E-state index >= 15 is 0 Å². The second-order valence-electron chi connectivity index (χ2n) is 2.48. The van der Waals surface area contributed by atoms with Crippen LogP contribution in [0.25, 0.3) is 0 Å². The Labute approximate surface area is 105 Å². The summed E-state index contributed by atoms with van der Waals surface area (Å²) in [6.45, 7) is 0. The topological polar surface area (TPSA) is 98.7 Å². The molecular weight excluding hydrogens is 307 g/mol. The van der Waals surface area contributed by atoms with Gasteiger partial charge in [-0.05, 0) is 0 Å². The summed E-state index contributed by atoms with van der Waals surface area (Å²) in [5, 5.41) is 17.3. The van der Waals surface area contributed by atoms with E-state index in [0.717, 1.165) is 0 Å². The third kappa shape index (κ3) is 6.29. The molecule has 88 valence electrons. The summed E-state index contributed by atoms with van der Waals surface area (Å²) in [4.78, 5) is 21.1. The van der Waals surface area contributed by atoms with Gasteiger partial charge in [-0.1, -0.05) is 0 Å². The fraction of sp³-hybridized carbons (Fsp3) is 0.667. The number of aliphatic carboxylic acids is 2. The van der Waals surface area contributed by atoms with Crippen molar-refractivity contribution in [2.75, 3.05) is 11.5 Å². The molecule has 0 radical (unpaired) electrons. The van der Waals surface area contributed by atoms with Gasteiger partial charge in [-0.3, -0.25) is 0 Å². The number of carboxylic acid groups (broad SMARTS) is 2. The third-order valence-corrected chi connectivity index (χ3v) is 3.78. The molecule has 0 aromatic rings. The molecule has 0 unspecified atom stereocenters. The fourth-order valence-corrected chi connectivity index (χ4v) is 3.07. The van der Waals surface area contributed by atoms with Crippen molar-refractivity contribution in [2.45, 2.75) is 12.1 Å². The molecule has 9 heteroatoms. The first-order valence-electron chi connectivity index (χ1n) is 3.87. The van der Waals surface area contributed by atoms with Gasteiger partial charge in [-0.15, -0.1) is 0 Å². The molecule has 0 rings (SSSR count). The summed E-state index contributed by atoms with van der Waals surface area (Å²) in [6, 6.07) is -1.54. The number of hydrogen-bond acceptors (Lipinski definition) is 6. The Morgan fingerprint density at radius 1 is 1.07 bits per heavy atom. The summed E-state index contributed by atoms with van der Waals surface area (Å²) in [6.07, 6.45) is 0. The molecule has 15 heavy (non-hydrogen) atoms. The van der Waals surface area contributed by atoms with E-state index in [2.05, 4.69) is 33.9 Å². The van der Waals surface area contributed by atoms with Gasteiger partial charge in [0.25, 0.3) is 0 Å². The molecule has 0 fully saturated rings. The zero-order valence-corrected chi connectivity index (χ0v) is 11.1. The van der Waals surface area contributed by atoms with Crippen LogP contribution < -0.4 is 8.67 Å². The van der Waals surface area contributed by atoms with Crippen LogP contribution in [0.4, 0.5) is 0 Å². The van der Waals surface area contributed by atoms with E-state index in [1.165, 1.54) is 0 Å². The van der Waals surface area contributed by atoms with Gasteiger partial charge in [0.15, 0.2) is 0 Å². The van der Waals surface area contributed by atoms with Crippen LogP contribution >= 0.6 is 25.3 Å². The minimum atomic E-state index is -1.01. The number of carboxylic acids is 2. The molecule has 0 saturated heterocycles. The second-order valence-corrected chi connectivity index (χ2v) is 4.63. The van der Waals surface area contributed by atoms with E-state index in [1.54, 1.807) is 0 Å². The Morgan fingerprint density at radius 2 is 1.40 bits per heavy atom. The summed E-state index contributed by atoms with van der Waals surface area (Å²) < 4.78 is 5.33. The summed E-state index contributed by atoms with van der Waals surface area (Å²) >= 11 is 7.23. The first-order chi connectivity index (χ1) is 7.02. The molecule has 0 aliphatic rings. The second kappa shape index (κ2) is 8.26. The monoisotopic (exact) mass is 320 g/mol. The van der Waals surface area contributed by atoms with Crippen LogP contribution in [0, 0.1) is 0 Å². The van der Waals surface area contributed by atoms with Crippen LogP contribution in [-0.2, 0) is 9.59 Å². The summed E-state index contributed by atoms with van der Waals surface area (Å²) in [7, 11) is 0. The molecule has 4 N–H and O–H groups in total. The molecule has 0 bridgehead atoms. The summed E-state index contributed by atoms with van der Waals surface area (Å²) in [5.41, 5.74) is 0. The molecular formula is C6H12N2O4S2Se. The van der Waals surface area contributed by atoms with Crippen LogP contribution in [0.15, 0.2) is 0 Å². The molecule has 0 aromatic carbocycles. The average molecular weight is 319 g/mol. The SMILES string of the molecule is O=C(O)[C@H](CS)N[Se]N[C@@H](CS)C(=O)O. The van der Waals surface area contributed by atoms with Crippen molar-refractivity contribution < 1.29 is 19.8 Å². The normalized spacial score (nSPS) is 14.5. The van der Waals surface area contributed by atoms with Crippen LogP contribution in [0.1, 0.15) is 0 Å². The van der Waals surface area contributed by atoms with E-state index in [-0.39, 0.29) is 11.5 Å². The Bertz CT molecular complexity index is 209. The zero-order chi connectivity index (χ0) is 11.8. The number of nitrogens with one attached hydrogen (secondary N) is 2. The minimum absolute atomic E-state index is 0.150. The van der Waals surface area contributed by atoms with Crippen LogP contribution in [0.3, 0.4) is 0 Å². The van der Waals surface area contributed by atoms with Crippen LogP contribution in [0.5, 0.6) is 0 Å². The van der Waals surface area contributed by atoms with Crippen molar-refractivity contribution in [1.82, 2.24) is 8.67 Å². The van der Waals surface area contributed by atoms with Crippen LogP contribution in [-0.4, -0.2) is 61.1 Å². The number of hydrogen-bond donors (Lipinski definition) is 6. The Hall–Kier alpha value is 0.0795. The Morgan fingerprint density at radius 3 is 1.60 bits per heavy atom. The Kier molecular flexibility index (Phi) is 8.30. The van der Waals surface area contributed by atoms with Gasteiger partial charge in [0.2, 0.25) is 0 Å². The van der Waals surface area contributed by atoms with E-state index in [0.29, 0.717) is 0 Å². The zero-order valence-electron chi connectivity index (χ0n) is 7.58. The number of thiol groups is 2. The van der Waals surface area contributed by atoms with Crippen molar-refractivity contribution in [1.29, 1.82) is 0 Å². The van der Waals surface area contributed by atoms with Gasteiger partial charge < -0.3 is 0 Å². The summed E-state index contributed by atoms with van der Waals surface area (Å²) in [5.74, 6) is -1.72. The predicted molar refractivity (Wildman–Crippen MR) is 62.6 cm³/mol. The van der Waals surface area contributed by atoms with Gasteiger partial charge >= 0.3 is 105 Å². The molecule has 0 aliphatic carbocycles. The quantitative estimate of drug-likeness (QED) is 0.240. The molecule has 0 spiro atoms. The Balaban J connectivity index is 3.85. The number of carbonyl (C=O) groups is 2. The third-order valence-electron chi connectivity index (χ3n) is 1.36. The molecule has 0 saturated carbocycles. The van der Waals surface area contributed by atoms with Gasteiger partial charge in [0.1, 0.15) is 0 Å². The average Bonchev–Trinajstić information content (AvgIpc) is 2.17. The molecule has 0 aliphatic heterocycles. The number of rotatable bonds is 8. The van der Waals surface area contributed by atoms with E-state index < -0.39 is 39.4 Å². The molecule has 0 amide bonds. The first-order valence-corrected chi connectivity index (χ1v) is 6.85. The fourth-order valence-electron chi connectivity index (χ4n) is 0.508. The predicted octanol–water partition coefficient (Wildman–Crippen LogP) is -1.53. The molecule has 0 heterocycles. The first kappa shape index (κ1) is 15.1. The molecule has 6 nitrogen and oxygen atoms in total. The van der Waals surface area contributed by atoms with Crippen molar-refractivity contribution >= 4 is 52.6 Å². The van der Waals surface area contributed by atoms with Crippen molar-refractivity contribution in [3.63, 3.8) is 0 Å². The van der Waals surface area contributed by atoms with Gasteiger partial charge in [0.05, 0.1) is 0 Å². The van der Waals surface area contributed by atoms with Crippen molar-refractivity contribution in [2.24, 2.45) is 0 Å². The standard InChI is InChI=1S/C6H12N2O4S2Se/c9-5(10)3(1-13)7-15-8-4(2-14)6(11)12/h3-4,7-8,13-14H,1-2H2,(H,9,10)(H,11,12)/t3-,4-/m0/s1. The van der Waals surface area contributed by atoms with Crippen LogP contribution in [0.2, 0.25) is 0 Å².